The molecule has 2 nitrogen and oxygen atoms in total. The number of nitrogens with zero attached hydrogens (tertiary/aromatic N) is 1. The summed E-state index contributed by atoms with van der Waals surface area (Å²) in [7, 11) is 4.25. The highest BCUT2D eigenvalue weighted by molar-refractivity contribution is 7.10. The van der Waals surface area contributed by atoms with E-state index >= 15 is 0 Å². The molecule has 2 rings (SSSR count). The van der Waals surface area contributed by atoms with Crippen molar-refractivity contribution in [2.75, 3.05) is 20.6 Å². The largest absolute Gasteiger partial charge is 0.308 e. The Morgan fingerprint density at radius 1 is 1.15 bits per heavy atom. The summed E-state index contributed by atoms with van der Waals surface area (Å²) in [4.78, 5) is 3.67. The maximum absolute atomic E-state index is 3.78. The molecule has 0 fully saturated rings. The quantitative estimate of drug-likeness (QED) is 0.864. The van der Waals surface area contributed by atoms with Crippen molar-refractivity contribution in [3.8, 4) is 0 Å². The van der Waals surface area contributed by atoms with Gasteiger partial charge < -0.3 is 10.2 Å². The van der Waals surface area contributed by atoms with Crippen LogP contribution < -0.4 is 5.32 Å². The second-order valence-electron chi connectivity index (χ2n) is 5.58. The van der Waals surface area contributed by atoms with Crippen LogP contribution in [0.2, 0.25) is 0 Å². The number of thiophene rings is 1. The molecule has 0 aliphatic carbocycles. The maximum atomic E-state index is 3.78. The molecule has 0 saturated carbocycles. The van der Waals surface area contributed by atoms with Crippen LogP contribution in [0, 0.1) is 6.92 Å². The third kappa shape index (κ3) is 3.92. The van der Waals surface area contributed by atoms with Crippen molar-refractivity contribution < 1.29 is 0 Å². The Labute approximate surface area is 126 Å². The van der Waals surface area contributed by atoms with Crippen molar-refractivity contribution in [2.45, 2.75) is 25.9 Å². The first-order valence-corrected chi connectivity index (χ1v) is 7.95. The summed E-state index contributed by atoms with van der Waals surface area (Å²) in [6, 6.07) is 13.6. The Bertz CT molecular complexity index is 519. The van der Waals surface area contributed by atoms with Crippen LogP contribution in [-0.2, 0) is 0 Å². The molecule has 1 aromatic heterocycles. The molecule has 0 saturated heterocycles. The molecule has 108 valence electrons. The summed E-state index contributed by atoms with van der Waals surface area (Å²) >= 11 is 1.84. The predicted octanol–water partition coefficient (Wildman–Crippen LogP) is 4.01. The second kappa shape index (κ2) is 7.02. The van der Waals surface area contributed by atoms with Gasteiger partial charge in [0.25, 0.3) is 0 Å². The van der Waals surface area contributed by atoms with Gasteiger partial charge in [0.2, 0.25) is 0 Å². The minimum absolute atomic E-state index is 0.350. The van der Waals surface area contributed by atoms with Gasteiger partial charge in [0.15, 0.2) is 0 Å². The summed E-state index contributed by atoms with van der Waals surface area (Å²) in [5.74, 6) is 0. The Morgan fingerprint density at radius 3 is 2.40 bits per heavy atom. The van der Waals surface area contributed by atoms with Crippen molar-refractivity contribution in [1.29, 1.82) is 0 Å². The van der Waals surface area contributed by atoms with Crippen molar-refractivity contribution in [1.82, 2.24) is 10.2 Å². The number of nitrogens with one attached hydrogen (secondary N) is 1. The van der Waals surface area contributed by atoms with E-state index in [1.54, 1.807) is 0 Å². The van der Waals surface area contributed by atoms with Gasteiger partial charge in [-0.15, -0.1) is 11.3 Å². The Morgan fingerprint density at radius 2 is 1.85 bits per heavy atom. The van der Waals surface area contributed by atoms with E-state index in [0.29, 0.717) is 12.1 Å². The molecule has 20 heavy (non-hydrogen) atoms. The zero-order valence-corrected chi connectivity index (χ0v) is 13.6. The number of aryl methyl sites for hydroxylation is 1. The molecule has 2 aromatic rings. The number of hydrogen-bond acceptors (Lipinski definition) is 3. The lowest BCUT2D eigenvalue weighted by atomic mass is 10.0. The predicted molar refractivity (Wildman–Crippen MR) is 88.3 cm³/mol. The molecule has 2 atom stereocenters. The number of rotatable bonds is 6. The first-order chi connectivity index (χ1) is 9.58. The molecule has 2 unspecified atom stereocenters. The lowest BCUT2D eigenvalue weighted by molar-refractivity contribution is 0.326. The minimum atomic E-state index is 0.350. The first kappa shape index (κ1) is 15.2. The average Bonchev–Trinajstić information content (AvgIpc) is 2.85. The molecule has 0 spiro atoms. The molecule has 3 heteroatoms. The summed E-state index contributed by atoms with van der Waals surface area (Å²) < 4.78 is 0. The Kier molecular flexibility index (Phi) is 5.35. The number of likely N-dealkylation sites (N-methyl/N-ethyl adjacent to an activating group) is 1. The fraction of sp³-hybridized carbons (Fsp3) is 0.412. The Balaban J connectivity index is 2.14. The zero-order chi connectivity index (χ0) is 14.5. The van der Waals surface area contributed by atoms with Crippen molar-refractivity contribution in [3.63, 3.8) is 0 Å². The van der Waals surface area contributed by atoms with Gasteiger partial charge in [-0.2, -0.15) is 0 Å². The lowest BCUT2D eigenvalue weighted by Gasteiger charge is -2.26. The van der Waals surface area contributed by atoms with E-state index in [9.17, 15) is 0 Å². The number of benzene rings is 1. The van der Waals surface area contributed by atoms with E-state index in [0.717, 1.165) is 6.54 Å². The van der Waals surface area contributed by atoms with Crippen molar-refractivity contribution in [2.24, 2.45) is 0 Å². The second-order valence-corrected chi connectivity index (χ2v) is 6.53. The fourth-order valence-corrected chi connectivity index (χ4v) is 3.46. The molecule has 1 aromatic carbocycles. The van der Waals surface area contributed by atoms with Crippen molar-refractivity contribution >= 4 is 11.3 Å². The molecule has 0 amide bonds. The molecule has 1 N–H and O–H groups in total. The van der Waals surface area contributed by atoms with Gasteiger partial charge >= 0.3 is 0 Å². The van der Waals surface area contributed by atoms with E-state index in [4.69, 9.17) is 0 Å². The highest BCUT2D eigenvalue weighted by Crippen LogP contribution is 2.26. The summed E-state index contributed by atoms with van der Waals surface area (Å²) in [6.07, 6.45) is 0. The van der Waals surface area contributed by atoms with Gasteiger partial charge in [-0.25, -0.2) is 0 Å². The van der Waals surface area contributed by atoms with Crippen LogP contribution >= 0.6 is 11.3 Å². The molecule has 0 aliphatic rings. The Hall–Kier alpha value is -1.16. The van der Waals surface area contributed by atoms with Gasteiger partial charge in [-0.05, 0) is 50.5 Å². The maximum Gasteiger partial charge on any atom is 0.0453 e. The third-order valence-electron chi connectivity index (χ3n) is 3.50. The molecule has 0 bridgehead atoms. The molecular formula is C17H24N2S. The standard InChI is InChI=1S/C17H24N2S/c1-13-10-11-20-17(13)14(2)18-16(12-19(3)4)15-8-6-5-7-9-15/h5-11,14,16,18H,12H2,1-4H3. The van der Waals surface area contributed by atoms with E-state index in [1.165, 1.54) is 16.0 Å². The first-order valence-electron chi connectivity index (χ1n) is 7.07. The SMILES string of the molecule is Cc1ccsc1C(C)NC(CN(C)C)c1ccccc1. The van der Waals surface area contributed by atoms with E-state index in [1.807, 2.05) is 11.3 Å². The van der Waals surface area contributed by atoms with Crippen LogP contribution in [0.5, 0.6) is 0 Å². The van der Waals surface area contributed by atoms with Gasteiger partial charge in [-0.3, -0.25) is 0 Å². The molecule has 1 heterocycles. The average molecular weight is 288 g/mol. The van der Waals surface area contributed by atoms with Crippen LogP contribution in [-0.4, -0.2) is 25.5 Å². The number of hydrogen-bond donors (Lipinski definition) is 1. The highest BCUT2D eigenvalue weighted by Gasteiger charge is 2.17. The van der Waals surface area contributed by atoms with Gasteiger partial charge in [0.1, 0.15) is 0 Å². The molecule has 0 aliphatic heterocycles. The summed E-state index contributed by atoms with van der Waals surface area (Å²) in [5.41, 5.74) is 2.73. The van der Waals surface area contributed by atoms with Crippen LogP contribution in [0.3, 0.4) is 0 Å². The van der Waals surface area contributed by atoms with Gasteiger partial charge in [-0.1, -0.05) is 30.3 Å². The lowest BCUT2D eigenvalue weighted by Crippen LogP contribution is -2.32. The van der Waals surface area contributed by atoms with E-state index in [2.05, 4.69) is 79.9 Å². The smallest absolute Gasteiger partial charge is 0.0453 e. The fourth-order valence-electron chi connectivity index (χ4n) is 2.51. The van der Waals surface area contributed by atoms with Crippen LogP contribution in [0.4, 0.5) is 0 Å². The van der Waals surface area contributed by atoms with Crippen molar-refractivity contribution in [3.05, 3.63) is 57.8 Å². The summed E-state index contributed by atoms with van der Waals surface area (Å²) in [5, 5.41) is 5.95. The third-order valence-corrected chi connectivity index (χ3v) is 4.70. The topological polar surface area (TPSA) is 15.3 Å². The highest BCUT2D eigenvalue weighted by atomic mass is 32.1. The van der Waals surface area contributed by atoms with Crippen LogP contribution in [0.1, 0.15) is 35.0 Å². The normalized spacial score (nSPS) is 14.4. The van der Waals surface area contributed by atoms with Crippen LogP contribution in [0.25, 0.3) is 0 Å². The monoisotopic (exact) mass is 288 g/mol. The van der Waals surface area contributed by atoms with E-state index < -0.39 is 0 Å². The van der Waals surface area contributed by atoms with Gasteiger partial charge in [0, 0.05) is 23.5 Å². The van der Waals surface area contributed by atoms with E-state index in [-0.39, 0.29) is 0 Å². The van der Waals surface area contributed by atoms with Crippen LogP contribution in [0.15, 0.2) is 41.8 Å². The molecule has 0 radical (unpaired) electrons. The van der Waals surface area contributed by atoms with Gasteiger partial charge in [0.05, 0.1) is 0 Å². The summed E-state index contributed by atoms with van der Waals surface area (Å²) in [6.45, 7) is 5.44. The molecular weight excluding hydrogens is 264 g/mol. The minimum Gasteiger partial charge on any atom is -0.308 e. The zero-order valence-electron chi connectivity index (χ0n) is 12.8.